The number of rotatable bonds is 7. The molecule has 0 aliphatic heterocycles. The number of fused-ring (bicyclic) bond motifs is 5. The van der Waals surface area contributed by atoms with Crippen LogP contribution in [0.25, 0.3) is 0 Å². The van der Waals surface area contributed by atoms with Crippen LogP contribution in [0.2, 0.25) is 0 Å². The average Bonchev–Trinajstić information content (AvgIpc) is 3.10. The van der Waals surface area contributed by atoms with Crippen molar-refractivity contribution < 1.29 is 5.11 Å². The molecule has 176 valence electrons. The van der Waals surface area contributed by atoms with Crippen molar-refractivity contribution >= 4 is 0 Å². The van der Waals surface area contributed by atoms with Gasteiger partial charge in [0.15, 0.2) is 0 Å². The van der Waals surface area contributed by atoms with Crippen molar-refractivity contribution in [3.63, 3.8) is 0 Å². The molecule has 3 fully saturated rings. The Bertz CT molecular complexity index is 687. The lowest BCUT2D eigenvalue weighted by Gasteiger charge is -2.58. The lowest BCUT2D eigenvalue weighted by atomic mass is 9.47. The molecule has 0 aromatic rings. The van der Waals surface area contributed by atoms with Crippen molar-refractivity contribution in [3.8, 4) is 0 Å². The number of aliphatic hydroxyl groups is 1. The number of hydrogen-bond acceptors (Lipinski definition) is 1. The van der Waals surface area contributed by atoms with Crippen LogP contribution in [0.1, 0.15) is 112 Å². The molecule has 0 amide bonds. The maximum Gasteiger partial charge on any atom is 0.0577 e. The molecule has 4 rings (SSSR count). The number of aliphatic hydroxyl groups excluding tert-OH is 1. The van der Waals surface area contributed by atoms with Crippen LogP contribution in [0.15, 0.2) is 23.8 Å². The van der Waals surface area contributed by atoms with Crippen molar-refractivity contribution in [1.29, 1.82) is 0 Å². The lowest BCUT2D eigenvalue weighted by molar-refractivity contribution is -0.0571. The second-order valence-electron chi connectivity index (χ2n) is 12.6. The number of hydrogen-bond donors (Lipinski definition) is 1. The van der Waals surface area contributed by atoms with Gasteiger partial charge < -0.3 is 5.11 Å². The average molecular weight is 427 g/mol. The molecule has 1 unspecified atom stereocenters. The summed E-state index contributed by atoms with van der Waals surface area (Å²) in [5.41, 5.74) is 4.05. The summed E-state index contributed by atoms with van der Waals surface area (Å²) in [4.78, 5) is 0. The van der Waals surface area contributed by atoms with Gasteiger partial charge in [0.1, 0.15) is 0 Å². The Hall–Kier alpha value is -0.560. The van der Waals surface area contributed by atoms with Crippen molar-refractivity contribution in [2.75, 3.05) is 0 Å². The van der Waals surface area contributed by atoms with Crippen LogP contribution in [0.3, 0.4) is 0 Å². The smallest absolute Gasteiger partial charge is 0.0577 e. The molecule has 4 aliphatic rings. The zero-order valence-electron chi connectivity index (χ0n) is 21.3. The maximum atomic E-state index is 10.3. The minimum Gasteiger partial charge on any atom is -0.393 e. The Labute approximate surface area is 193 Å². The van der Waals surface area contributed by atoms with E-state index in [1.807, 2.05) is 0 Å². The summed E-state index contributed by atoms with van der Waals surface area (Å²) < 4.78 is 0. The van der Waals surface area contributed by atoms with Gasteiger partial charge in [0, 0.05) is 0 Å². The van der Waals surface area contributed by atoms with Gasteiger partial charge in [-0.15, -0.1) is 0 Å². The fourth-order valence-electron chi connectivity index (χ4n) is 9.30. The van der Waals surface area contributed by atoms with E-state index in [0.717, 1.165) is 48.3 Å². The Morgan fingerprint density at radius 1 is 1.10 bits per heavy atom. The van der Waals surface area contributed by atoms with Gasteiger partial charge in [-0.1, -0.05) is 58.4 Å². The molecule has 1 nitrogen and oxygen atoms in total. The lowest BCUT2D eigenvalue weighted by Crippen LogP contribution is -2.50. The third kappa shape index (κ3) is 4.00. The van der Waals surface area contributed by atoms with Crippen LogP contribution < -0.4 is 0 Å². The zero-order chi connectivity index (χ0) is 22.4. The fraction of sp³-hybridized carbons (Fsp3) is 0.867. The van der Waals surface area contributed by atoms with E-state index in [4.69, 9.17) is 0 Å². The van der Waals surface area contributed by atoms with Gasteiger partial charge in [0.2, 0.25) is 0 Å². The van der Waals surface area contributed by atoms with E-state index in [1.54, 1.807) is 5.57 Å². The second-order valence-corrected chi connectivity index (χ2v) is 12.6. The van der Waals surface area contributed by atoms with E-state index in [0.29, 0.717) is 10.8 Å². The van der Waals surface area contributed by atoms with Crippen molar-refractivity contribution in [2.45, 2.75) is 118 Å². The molecular weight excluding hydrogens is 376 g/mol. The minimum atomic E-state index is -0.0868. The topological polar surface area (TPSA) is 20.2 Å². The van der Waals surface area contributed by atoms with Crippen LogP contribution in [0.4, 0.5) is 0 Å². The molecule has 8 atom stereocenters. The Balaban J connectivity index is 1.45. The van der Waals surface area contributed by atoms with Gasteiger partial charge in [-0.3, -0.25) is 0 Å². The van der Waals surface area contributed by atoms with Crippen LogP contribution in [-0.4, -0.2) is 11.2 Å². The first-order valence-corrected chi connectivity index (χ1v) is 13.8. The molecule has 31 heavy (non-hydrogen) atoms. The Kier molecular flexibility index (Phi) is 6.85. The molecule has 0 spiro atoms. The predicted octanol–water partition coefficient (Wildman–Crippen LogP) is 8.34. The van der Waals surface area contributed by atoms with E-state index < -0.39 is 0 Å². The number of allylic oxidation sites excluding steroid dienone is 2. The highest BCUT2D eigenvalue weighted by molar-refractivity contribution is 5.25. The summed E-state index contributed by atoms with van der Waals surface area (Å²) in [7, 11) is 0. The highest BCUT2D eigenvalue weighted by Gasteiger charge is 2.59. The third-order valence-corrected chi connectivity index (χ3v) is 11.3. The van der Waals surface area contributed by atoms with Gasteiger partial charge in [0.05, 0.1) is 6.10 Å². The highest BCUT2D eigenvalue weighted by atomic mass is 16.3. The van der Waals surface area contributed by atoms with E-state index in [2.05, 4.69) is 47.3 Å². The standard InChI is InChI=1S/C30H50O/c1-7-22(8-2)20(3)9-10-21(4)26-13-14-27-25-12-11-23-19-24(31)15-17-29(23,5)28(25)16-18-30(26,27)6/h11,21-22,24-28,31H,3,7-10,12-19H2,1-2,4-6H3/t21-,24?,25+,26-,27+,28+,29+,30-/m1/s1. The highest BCUT2D eigenvalue weighted by Crippen LogP contribution is 2.67. The van der Waals surface area contributed by atoms with Crippen LogP contribution in [0, 0.1) is 46.3 Å². The molecule has 0 aromatic heterocycles. The van der Waals surface area contributed by atoms with E-state index in [-0.39, 0.29) is 6.10 Å². The van der Waals surface area contributed by atoms with Gasteiger partial charge in [0.25, 0.3) is 0 Å². The summed E-state index contributed by atoms with van der Waals surface area (Å²) in [6.45, 7) is 16.9. The molecule has 1 heteroatoms. The van der Waals surface area contributed by atoms with E-state index in [9.17, 15) is 5.11 Å². The van der Waals surface area contributed by atoms with Gasteiger partial charge in [-0.25, -0.2) is 0 Å². The summed E-state index contributed by atoms with van der Waals surface area (Å²) in [5.74, 6) is 5.13. The van der Waals surface area contributed by atoms with Gasteiger partial charge in [-0.05, 0) is 123 Å². The summed E-state index contributed by atoms with van der Waals surface area (Å²) in [6, 6.07) is 0. The minimum absolute atomic E-state index is 0.0868. The van der Waals surface area contributed by atoms with E-state index >= 15 is 0 Å². The zero-order valence-corrected chi connectivity index (χ0v) is 21.3. The van der Waals surface area contributed by atoms with Crippen LogP contribution in [-0.2, 0) is 0 Å². The first-order valence-electron chi connectivity index (χ1n) is 13.8. The third-order valence-electron chi connectivity index (χ3n) is 11.3. The van der Waals surface area contributed by atoms with Crippen molar-refractivity contribution in [1.82, 2.24) is 0 Å². The SMILES string of the molecule is C=C(CC[C@@H](C)[C@H]1CC[C@H]2[C@@H]3CC=C4CC(O)CC[C@]4(C)[C@H]3CC[C@]12C)C(CC)CC. The molecular formula is C30H50O. The Morgan fingerprint density at radius 3 is 2.55 bits per heavy atom. The van der Waals surface area contributed by atoms with Crippen molar-refractivity contribution in [3.05, 3.63) is 23.8 Å². The first kappa shape index (κ1) is 23.6. The summed E-state index contributed by atoms with van der Waals surface area (Å²) >= 11 is 0. The first-order chi connectivity index (χ1) is 14.7. The van der Waals surface area contributed by atoms with Crippen molar-refractivity contribution in [2.24, 2.45) is 46.3 Å². The summed E-state index contributed by atoms with van der Waals surface area (Å²) in [5, 5.41) is 10.3. The second kappa shape index (κ2) is 9.00. The Morgan fingerprint density at radius 2 is 1.84 bits per heavy atom. The van der Waals surface area contributed by atoms with Crippen LogP contribution >= 0.6 is 0 Å². The van der Waals surface area contributed by atoms with E-state index in [1.165, 1.54) is 69.8 Å². The molecule has 4 aliphatic carbocycles. The quantitative estimate of drug-likeness (QED) is 0.406. The largest absolute Gasteiger partial charge is 0.393 e. The van der Waals surface area contributed by atoms with Crippen LogP contribution in [0.5, 0.6) is 0 Å². The van der Waals surface area contributed by atoms with Gasteiger partial charge >= 0.3 is 0 Å². The molecule has 0 bridgehead atoms. The monoisotopic (exact) mass is 426 g/mol. The normalized spacial score (nSPS) is 43.1. The molecule has 0 aromatic carbocycles. The molecule has 0 radical (unpaired) electrons. The molecule has 1 N–H and O–H groups in total. The van der Waals surface area contributed by atoms with Gasteiger partial charge in [-0.2, -0.15) is 0 Å². The maximum absolute atomic E-state index is 10.3. The molecule has 3 saturated carbocycles. The molecule has 0 heterocycles. The summed E-state index contributed by atoms with van der Waals surface area (Å²) in [6.07, 6.45) is 17.8. The fourth-order valence-corrected chi connectivity index (χ4v) is 9.30. The molecule has 0 saturated heterocycles. The predicted molar refractivity (Wildman–Crippen MR) is 133 cm³/mol.